The third kappa shape index (κ3) is 3.78. The second kappa shape index (κ2) is 7.40. The molecule has 23 heavy (non-hydrogen) atoms. The number of ether oxygens (including phenoxy) is 1. The molecule has 1 heterocycles. The van der Waals surface area contributed by atoms with Crippen LogP contribution < -0.4 is 5.32 Å². The number of nitrogens with one attached hydrogen (secondary N) is 1. The number of fused-ring (bicyclic) bond motifs is 1. The average molecular weight is 311 g/mol. The number of hydrogen-bond acceptors (Lipinski definition) is 3. The van der Waals surface area contributed by atoms with Gasteiger partial charge in [-0.1, -0.05) is 54.6 Å². The summed E-state index contributed by atoms with van der Waals surface area (Å²) in [6.07, 6.45) is 0.829. The number of benzene rings is 2. The highest BCUT2D eigenvalue weighted by Gasteiger charge is 2.28. The molecule has 0 bridgehead atoms. The molecule has 0 radical (unpaired) electrons. The van der Waals surface area contributed by atoms with Crippen molar-refractivity contribution in [2.75, 3.05) is 13.2 Å². The fourth-order valence-electron chi connectivity index (χ4n) is 2.95. The van der Waals surface area contributed by atoms with Crippen LogP contribution in [0.25, 0.3) is 0 Å². The van der Waals surface area contributed by atoms with E-state index in [2.05, 4.69) is 5.32 Å². The van der Waals surface area contributed by atoms with Gasteiger partial charge in [0.1, 0.15) is 0 Å². The van der Waals surface area contributed by atoms with Crippen LogP contribution >= 0.6 is 0 Å². The maximum atomic E-state index is 12.6. The fraction of sp³-hybridized carbons (Fsp3) is 0.316. The van der Waals surface area contributed by atoms with Gasteiger partial charge in [0.15, 0.2) is 6.10 Å². The first kappa shape index (κ1) is 15.7. The Labute approximate surface area is 136 Å². The number of carbonyl (C=O) groups excluding carboxylic acids is 1. The Morgan fingerprint density at radius 1 is 1.17 bits per heavy atom. The zero-order valence-corrected chi connectivity index (χ0v) is 12.9. The monoisotopic (exact) mass is 311 g/mol. The molecule has 0 unspecified atom stereocenters. The lowest BCUT2D eigenvalue weighted by molar-refractivity contribution is -0.135. The smallest absolute Gasteiger partial charge is 0.254 e. The lowest BCUT2D eigenvalue weighted by Crippen LogP contribution is -2.43. The number of rotatable bonds is 5. The van der Waals surface area contributed by atoms with E-state index in [1.54, 1.807) is 0 Å². The van der Waals surface area contributed by atoms with E-state index in [4.69, 9.17) is 4.74 Å². The third-order valence-electron chi connectivity index (χ3n) is 4.12. The Morgan fingerprint density at radius 2 is 1.91 bits per heavy atom. The summed E-state index contributed by atoms with van der Waals surface area (Å²) < 4.78 is 5.67. The van der Waals surface area contributed by atoms with Gasteiger partial charge in [0.2, 0.25) is 0 Å². The highest BCUT2D eigenvalue weighted by atomic mass is 16.5. The average Bonchev–Trinajstić information content (AvgIpc) is 2.61. The van der Waals surface area contributed by atoms with Crippen LogP contribution in [0.3, 0.4) is 0 Å². The van der Waals surface area contributed by atoms with Crippen LogP contribution in [0.4, 0.5) is 0 Å². The lowest BCUT2D eigenvalue weighted by atomic mass is 9.96. The van der Waals surface area contributed by atoms with E-state index in [1.807, 2.05) is 54.6 Å². The standard InChI is InChI=1S/C19H21NO3/c21-13-16(12-14-6-2-1-3-7-14)20-19(22)18-17-9-5-4-8-15(17)10-11-23-18/h1-9,16,18,21H,10-13H2,(H,20,22)/t16-,18+/m0/s1. The van der Waals surface area contributed by atoms with Crippen molar-refractivity contribution in [2.45, 2.75) is 25.0 Å². The fourth-order valence-corrected chi connectivity index (χ4v) is 2.95. The summed E-state index contributed by atoms with van der Waals surface area (Å²) in [6, 6.07) is 17.4. The van der Waals surface area contributed by atoms with Crippen LogP contribution in [0.15, 0.2) is 54.6 Å². The maximum Gasteiger partial charge on any atom is 0.254 e. The van der Waals surface area contributed by atoms with Crippen molar-refractivity contribution in [1.82, 2.24) is 5.32 Å². The number of carbonyl (C=O) groups is 1. The molecule has 0 saturated heterocycles. The van der Waals surface area contributed by atoms with Gasteiger partial charge in [-0.15, -0.1) is 0 Å². The molecule has 0 saturated carbocycles. The summed E-state index contributed by atoms with van der Waals surface area (Å²) in [7, 11) is 0. The van der Waals surface area contributed by atoms with Crippen LogP contribution in [-0.2, 0) is 22.4 Å². The van der Waals surface area contributed by atoms with E-state index in [0.29, 0.717) is 13.0 Å². The van der Waals surface area contributed by atoms with Crippen molar-refractivity contribution in [3.63, 3.8) is 0 Å². The van der Waals surface area contributed by atoms with Crippen molar-refractivity contribution in [3.8, 4) is 0 Å². The highest BCUT2D eigenvalue weighted by Crippen LogP contribution is 2.27. The summed E-state index contributed by atoms with van der Waals surface area (Å²) >= 11 is 0. The first-order valence-corrected chi connectivity index (χ1v) is 7.92. The summed E-state index contributed by atoms with van der Waals surface area (Å²) in [4.78, 5) is 12.6. The van der Waals surface area contributed by atoms with Crippen molar-refractivity contribution in [3.05, 3.63) is 71.3 Å². The molecule has 0 aromatic heterocycles. The second-order valence-electron chi connectivity index (χ2n) is 5.78. The van der Waals surface area contributed by atoms with Gasteiger partial charge in [0.05, 0.1) is 19.3 Å². The molecule has 2 aromatic carbocycles. The van der Waals surface area contributed by atoms with Gasteiger partial charge >= 0.3 is 0 Å². The SMILES string of the molecule is O=C(N[C@H](CO)Cc1ccccc1)[C@@H]1OCCc2ccccc21. The number of amides is 1. The van der Waals surface area contributed by atoms with Gasteiger partial charge in [-0.3, -0.25) is 4.79 Å². The molecular weight excluding hydrogens is 290 g/mol. The molecule has 1 aliphatic rings. The van der Waals surface area contributed by atoms with Gasteiger partial charge < -0.3 is 15.2 Å². The largest absolute Gasteiger partial charge is 0.394 e. The number of hydrogen-bond donors (Lipinski definition) is 2. The highest BCUT2D eigenvalue weighted by molar-refractivity contribution is 5.83. The van der Waals surface area contributed by atoms with Gasteiger partial charge in [0.25, 0.3) is 5.91 Å². The minimum absolute atomic E-state index is 0.102. The zero-order valence-electron chi connectivity index (χ0n) is 12.9. The predicted molar refractivity (Wildman–Crippen MR) is 88.0 cm³/mol. The Hall–Kier alpha value is -2.17. The predicted octanol–water partition coefficient (Wildman–Crippen LogP) is 2.02. The normalized spacial score (nSPS) is 18.0. The van der Waals surface area contributed by atoms with E-state index < -0.39 is 6.10 Å². The minimum Gasteiger partial charge on any atom is -0.394 e. The van der Waals surface area contributed by atoms with Crippen LogP contribution in [0.5, 0.6) is 0 Å². The minimum atomic E-state index is -0.593. The second-order valence-corrected chi connectivity index (χ2v) is 5.78. The van der Waals surface area contributed by atoms with E-state index in [-0.39, 0.29) is 18.6 Å². The molecule has 0 fully saturated rings. The first-order chi connectivity index (χ1) is 11.3. The quantitative estimate of drug-likeness (QED) is 0.888. The summed E-state index contributed by atoms with van der Waals surface area (Å²) in [5.41, 5.74) is 3.16. The number of aliphatic hydroxyl groups excluding tert-OH is 1. The Balaban J connectivity index is 1.68. The molecule has 4 nitrogen and oxygen atoms in total. The van der Waals surface area contributed by atoms with Crippen LogP contribution in [-0.4, -0.2) is 30.3 Å². The molecule has 2 aromatic rings. The topological polar surface area (TPSA) is 58.6 Å². The molecule has 0 aliphatic carbocycles. The van der Waals surface area contributed by atoms with E-state index in [0.717, 1.165) is 23.1 Å². The molecule has 4 heteroatoms. The summed E-state index contributed by atoms with van der Waals surface area (Å²) in [6.45, 7) is 0.437. The van der Waals surface area contributed by atoms with Gasteiger partial charge in [-0.25, -0.2) is 0 Å². The van der Waals surface area contributed by atoms with Crippen molar-refractivity contribution < 1.29 is 14.6 Å². The van der Waals surface area contributed by atoms with Crippen molar-refractivity contribution in [1.29, 1.82) is 0 Å². The molecular formula is C19H21NO3. The molecule has 1 amide bonds. The molecule has 2 N–H and O–H groups in total. The van der Waals surface area contributed by atoms with Gasteiger partial charge in [-0.2, -0.15) is 0 Å². The van der Waals surface area contributed by atoms with Gasteiger partial charge in [-0.05, 0) is 29.5 Å². The van der Waals surface area contributed by atoms with E-state index in [9.17, 15) is 9.90 Å². The van der Waals surface area contributed by atoms with Crippen LogP contribution in [0.1, 0.15) is 22.8 Å². The molecule has 3 rings (SSSR count). The molecule has 2 atom stereocenters. The Bertz CT molecular complexity index is 657. The van der Waals surface area contributed by atoms with Gasteiger partial charge in [0, 0.05) is 0 Å². The van der Waals surface area contributed by atoms with Crippen molar-refractivity contribution >= 4 is 5.91 Å². The van der Waals surface area contributed by atoms with E-state index >= 15 is 0 Å². The Kier molecular flexibility index (Phi) is 5.05. The van der Waals surface area contributed by atoms with Crippen LogP contribution in [0, 0.1) is 0 Å². The third-order valence-corrected chi connectivity index (χ3v) is 4.12. The van der Waals surface area contributed by atoms with Crippen LogP contribution in [0.2, 0.25) is 0 Å². The lowest BCUT2D eigenvalue weighted by Gasteiger charge is -2.27. The maximum absolute atomic E-state index is 12.6. The zero-order chi connectivity index (χ0) is 16.1. The Morgan fingerprint density at radius 3 is 2.70 bits per heavy atom. The summed E-state index contributed by atoms with van der Waals surface area (Å²) in [5.74, 6) is -0.188. The molecule has 0 spiro atoms. The molecule has 1 aliphatic heterocycles. The first-order valence-electron chi connectivity index (χ1n) is 7.92. The van der Waals surface area contributed by atoms with Crippen molar-refractivity contribution in [2.24, 2.45) is 0 Å². The molecule has 120 valence electrons. The summed E-state index contributed by atoms with van der Waals surface area (Å²) in [5, 5.41) is 12.5. The number of aliphatic hydroxyl groups is 1. The van der Waals surface area contributed by atoms with E-state index in [1.165, 1.54) is 0 Å².